The second kappa shape index (κ2) is 7.05. The van der Waals surface area contributed by atoms with Crippen molar-refractivity contribution in [2.45, 2.75) is 33.0 Å². The van der Waals surface area contributed by atoms with Crippen LogP contribution in [0.3, 0.4) is 0 Å². The quantitative estimate of drug-likeness (QED) is 0.681. The summed E-state index contributed by atoms with van der Waals surface area (Å²) in [5.41, 5.74) is 0. The van der Waals surface area contributed by atoms with E-state index in [1.807, 2.05) is 0 Å². The van der Waals surface area contributed by atoms with Crippen molar-refractivity contribution >= 4 is 12.1 Å². The van der Waals surface area contributed by atoms with E-state index in [1.165, 1.54) is 6.92 Å². The zero-order valence-corrected chi connectivity index (χ0v) is 9.06. The van der Waals surface area contributed by atoms with Gasteiger partial charge in [0.05, 0.1) is 6.61 Å². The Labute approximate surface area is 88.1 Å². The number of carbonyl (C=O) groups excluding carboxylic acids is 2. The molecule has 1 fully saturated rings. The van der Waals surface area contributed by atoms with Crippen molar-refractivity contribution < 1.29 is 28.9 Å². The standard InChI is InChI=1S/C5H10O3.C4H6O3/c1-3-8-5(7)4(2)6;1-3-2-6-4(5)7-3/h4,6H,3H2,1-2H3;3H,2H2,1H3. The minimum Gasteiger partial charge on any atom is -0.464 e. The number of aliphatic hydroxyl groups excluding tert-OH is 1. The summed E-state index contributed by atoms with van der Waals surface area (Å²) in [5.74, 6) is -0.562. The smallest absolute Gasteiger partial charge is 0.464 e. The molecule has 1 rings (SSSR count). The number of aliphatic hydroxyl groups is 1. The summed E-state index contributed by atoms with van der Waals surface area (Å²) in [5, 5.41) is 8.48. The molecule has 6 heteroatoms. The lowest BCUT2D eigenvalue weighted by Crippen LogP contribution is -2.18. The summed E-state index contributed by atoms with van der Waals surface area (Å²) in [7, 11) is 0. The van der Waals surface area contributed by atoms with Crippen molar-refractivity contribution in [2.75, 3.05) is 13.2 Å². The largest absolute Gasteiger partial charge is 0.508 e. The first kappa shape index (κ1) is 13.7. The maximum absolute atomic E-state index is 10.3. The van der Waals surface area contributed by atoms with Gasteiger partial charge in [-0.2, -0.15) is 0 Å². The van der Waals surface area contributed by atoms with Crippen LogP contribution in [0.2, 0.25) is 0 Å². The summed E-state index contributed by atoms with van der Waals surface area (Å²) in [6.45, 7) is 5.58. The van der Waals surface area contributed by atoms with Crippen molar-refractivity contribution in [3.8, 4) is 0 Å². The highest BCUT2D eigenvalue weighted by Crippen LogP contribution is 2.02. The number of hydrogen-bond donors (Lipinski definition) is 1. The van der Waals surface area contributed by atoms with Crippen LogP contribution in [-0.4, -0.2) is 42.7 Å². The number of rotatable bonds is 2. The first-order valence-electron chi connectivity index (χ1n) is 4.65. The molecule has 6 nitrogen and oxygen atoms in total. The zero-order chi connectivity index (χ0) is 11.8. The first-order valence-corrected chi connectivity index (χ1v) is 4.65. The van der Waals surface area contributed by atoms with Gasteiger partial charge in [0.25, 0.3) is 0 Å². The van der Waals surface area contributed by atoms with Crippen LogP contribution >= 0.6 is 0 Å². The van der Waals surface area contributed by atoms with Gasteiger partial charge in [0, 0.05) is 0 Å². The lowest BCUT2D eigenvalue weighted by atomic mass is 10.4. The van der Waals surface area contributed by atoms with Crippen LogP contribution in [0, 0.1) is 0 Å². The summed E-state index contributed by atoms with van der Waals surface area (Å²) in [4.78, 5) is 20.3. The minimum absolute atomic E-state index is 0.0486. The van der Waals surface area contributed by atoms with Gasteiger partial charge in [0.2, 0.25) is 0 Å². The molecule has 1 heterocycles. The van der Waals surface area contributed by atoms with Crippen molar-refractivity contribution in [1.82, 2.24) is 0 Å². The normalized spacial score (nSPS) is 20.5. The van der Waals surface area contributed by atoms with E-state index in [4.69, 9.17) is 5.11 Å². The monoisotopic (exact) mass is 220 g/mol. The van der Waals surface area contributed by atoms with Crippen LogP contribution in [0.15, 0.2) is 0 Å². The summed E-state index contributed by atoms with van der Waals surface area (Å²) in [6, 6.07) is 0. The molecule has 1 saturated heterocycles. The molecule has 0 spiro atoms. The summed E-state index contributed by atoms with van der Waals surface area (Å²) in [6.07, 6.45) is -1.59. The van der Waals surface area contributed by atoms with Crippen LogP contribution < -0.4 is 0 Å². The minimum atomic E-state index is -0.991. The molecule has 1 aliphatic heterocycles. The van der Waals surface area contributed by atoms with Gasteiger partial charge in [-0.05, 0) is 20.8 Å². The highest BCUT2D eigenvalue weighted by molar-refractivity contribution is 5.73. The lowest BCUT2D eigenvalue weighted by molar-refractivity contribution is -0.151. The van der Waals surface area contributed by atoms with Gasteiger partial charge < -0.3 is 19.3 Å². The highest BCUT2D eigenvalue weighted by atomic mass is 16.8. The van der Waals surface area contributed by atoms with Gasteiger partial charge in [0.1, 0.15) is 18.8 Å². The Morgan fingerprint density at radius 1 is 1.73 bits per heavy atom. The molecule has 2 atom stereocenters. The number of esters is 1. The molecular formula is C9H16O6. The van der Waals surface area contributed by atoms with Crippen molar-refractivity contribution in [2.24, 2.45) is 0 Å². The third-order valence-electron chi connectivity index (χ3n) is 1.36. The van der Waals surface area contributed by atoms with E-state index in [0.29, 0.717) is 13.2 Å². The Balaban J connectivity index is 0.000000262. The third kappa shape index (κ3) is 6.73. The summed E-state index contributed by atoms with van der Waals surface area (Å²) >= 11 is 0. The van der Waals surface area contributed by atoms with E-state index in [2.05, 4.69) is 14.2 Å². The molecule has 0 radical (unpaired) electrons. The Morgan fingerprint density at radius 3 is 2.47 bits per heavy atom. The van der Waals surface area contributed by atoms with Gasteiger partial charge in [-0.25, -0.2) is 9.59 Å². The average molecular weight is 220 g/mol. The van der Waals surface area contributed by atoms with E-state index in [0.717, 1.165) is 0 Å². The van der Waals surface area contributed by atoms with Gasteiger partial charge >= 0.3 is 12.1 Å². The van der Waals surface area contributed by atoms with Gasteiger partial charge in [-0.1, -0.05) is 0 Å². The lowest BCUT2D eigenvalue weighted by Gasteiger charge is -2.01. The number of cyclic esters (lactones) is 2. The van der Waals surface area contributed by atoms with Crippen molar-refractivity contribution in [3.63, 3.8) is 0 Å². The molecule has 0 amide bonds. The molecular weight excluding hydrogens is 204 g/mol. The molecule has 0 saturated carbocycles. The highest BCUT2D eigenvalue weighted by Gasteiger charge is 2.19. The molecule has 0 aromatic carbocycles. The first-order chi connectivity index (χ1) is 6.97. The third-order valence-corrected chi connectivity index (χ3v) is 1.36. The fourth-order valence-corrected chi connectivity index (χ4v) is 0.681. The number of ether oxygens (including phenoxy) is 3. The predicted octanol–water partition coefficient (Wildman–Crippen LogP) is 0.472. The van der Waals surface area contributed by atoms with Crippen molar-refractivity contribution in [3.05, 3.63) is 0 Å². The molecule has 0 aromatic heterocycles. The van der Waals surface area contributed by atoms with Crippen LogP contribution in [0.1, 0.15) is 20.8 Å². The maximum Gasteiger partial charge on any atom is 0.508 e. The van der Waals surface area contributed by atoms with Gasteiger partial charge in [-0.15, -0.1) is 0 Å². The maximum atomic E-state index is 10.3. The molecule has 1 N–H and O–H groups in total. The number of carbonyl (C=O) groups is 2. The van der Waals surface area contributed by atoms with Gasteiger partial charge in [0.15, 0.2) is 0 Å². The molecule has 0 aliphatic carbocycles. The Bertz CT molecular complexity index is 213. The summed E-state index contributed by atoms with van der Waals surface area (Å²) < 4.78 is 13.3. The van der Waals surface area contributed by atoms with E-state index >= 15 is 0 Å². The van der Waals surface area contributed by atoms with E-state index in [1.54, 1.807) is 13.8 Å². The fraction of sp³-hybridized carbons (Fsp3) is 0.778. The van der Waals surface area contributed by atoms with Crippen LogP contribution in [0.4, 0.5) is 4.79 Å². The molecule has 2 unspecified atom stereocenters. The Hall–Kier alpha value is -1.30. The SMILES string of the molecule is CC1COC(=O)O1.CCOC(=O)C(C)O. The second-order valence-electron chi connectivity index (χ2n) is 2.92. The molecule has 1 aliphatic rings. The predicted molar refractivity (Wildman–Crippen MR) is 50.2 cm³/mol. The van der Waals surface area contributed by atoms with Crippen LogP contribution in [-0.2, 0) is 19.0 Å². The fourth-order valence-electron chi connectivity index (χ4n) is 0.681. The van der Waals surface area contributed by atoms with E-state index in [9.17, 15) is 9.59 Å². The Morgan fingerprint density at radius 2 is 2.33 bits per heavy atom. The van der Waals surface area contributed by atoms with E-state index < -0.39 is 18.2 Å². The van der Waals surface area contributed by atoms with Crippen LogP contribution in [0.5, 0.6) is 0 Å². The topological polar surface area (TPSA) is 82.1 Å². The van der Waals surface area contributed by atoms with Crippen molar-refractivity contribution in [1.29, 1.82) is 0 Å². The molecule has 0 bridgehead atoms. The average Bonchev–Trinajstić information content (AvgIpc) is 2.51. The Kier molecular flexibility index (Phi) is 6.44. The molecule has 88 valence electrons. The zero-order valence-electron chi connectivity index (χ0n) is 9.06. The number of hydrogen-bond acceptors (Lipinski definition) is 6. The van der Waals surface area contributed by atoms with Gasteiger partial charge in [-0.3, -0.25) is 0 Å². The molecule has 0 aromatic rings. The second-order valence-corrected chi connectivity index (χ2v) is 2.92. The van der Waals surface area contributed by atoms with Crippen LogP contribution in [0.25, 0.3) is 0 Å². The van der Waals surface area contributed by atoms with E-state index in [-0.39, 0.29) is 6.10 Å². The molecule has 15 heavy (non-hydrogen) atoms.